The van der Waals surface area contributed by atoms with Gasteiger partial charge in [-0.25, -0.2) is 0 Å². The van der Waals surface area contributed by atoms with E-state index in [1.807, 2.05) is 0 Å². The Balaban J connectivity index is 3.00. The van der Waals surface area contributed by atoms with Crippen molar-refractivity contribution in [3.05, 3.63) is 47.5 Å². The van der Waals surface area contributed by atoms with Crippen LogP contribution in [-0.4, -0.2) is 13.1 Å². The van der Waals surface area contributed by atoms with Crippen LogP contribution in [0, 0.1) is 0 Å². The van der Waals surface area contributed by atoms with Gasteiger partial charge in [-0.3, -0.25) is 4.79 Å². The number of methoxy groups -OCH3 is 1. The van der Waals surface area contributed by atoms with Crippen molar-refractivity contribution in [1.82, 2.24) is 0 Å². The Morgan fingerprint density at radius 3 is 2.22 bits per heavy atom. The maximum Gasteiger partial charge on any atom is 0.312 e. The zero-order valence-electron chi connectivity index (χ0n) is 10.7. The second-order valence-corrected chi connectivity index (χ2v) is 4.22. The Labute approximate surface area is 105 Å². The normalized spacial score (nSPS) is 12.9. The fourth-order valence-corrected chi connectivity index (χ4v) is 1.54. The molecule has 1 aromatic carbocycles. The van der Waals surface area contributed by atoms with Crippen LogP contribution in [0.1, 0.15) is 30.9 Å². The molecule has 2 nitrogen and oxygen atoms in total. The summed E-state index contributed by atoms with van der Waals surface area (Å²) in [4.78, 5) is 11.3. The predicted molar refractivity (Wildman–Crippen MR) is 65.6 cm³/mol. The average molecular weight is 254 g/mol. The third-order valence-electron chi connectivity index (χ3n) is 2.86. The van der Waals surface area contributed by atoms with Gasteiger partial charge in [-0.05, 0) is 25.0 Å². The summed E-state index contributed by atoms with van der Waals surface area (Å²) in [6, 6.07) is 5.63. The first-order valence-corrected chi connectivity index (χ1v) is 5.52. The molecular weight excluding hydrogens is 238 g/mol. The van der Waals surface area contributed by atoms with Crippen molar-refractivity contribution < 1.29 is 18.3 Å². The molecule has 0 bridgehead atoms. The molecule has 1 aromatic rings. The number of carbonyl (C=O) groups is 1. The van der Waals surface area contributed by atoms with Gasteiger partial charge in [-0.1, -0.05) is 30.8 Å². The largest absolute Gasteiger partial charge is 0.469 e. The number of benzene rings is 1. The number of alkyl halides is 2. The monoisotopic (exact) mass is 254 g/mol. The van der Waals surface area contributed by atoms with E-state index in [4.69, 9.17) is 0 Å². The lowest BCUT2D eigenvalue weighted by Crippen LogP contribution is -2.15. The smallest absolute Gasteiger partial charge is 0.312 e. The summed E-state index contributed by atoms with van der Waals surface area (Å²) >= 11 is 0. The molecule has 0 aliphatic rings. The Bertz CT molecular complexity index is 449. The molecule has 0 spiro atoms. The molecule has 0 saturated heterocycles. The van der Waals surface area contributed by atoms with Crippen LogP contribution < -0.4 is 0 Å². The molecule has 98 valence electrons. The number of hydrogen-bond donors (Lipinski definition) is 0. The van der Waals surface area contributed by atoms with E-state index >= 15 is 0 Å². The SMILES string of the molecule is C=C(C)C(F)(F)c1ccc(C(C)C(=O)OC)cc1. The summed E-state index contributed by atoms with van der Waals surface area (Å²) in [6.07, 6.45) is 0. The summed E-state index contributed by atoms with van der Waals surface area (Å²) in [5.41, 5.74) is 0.301. The van der Waals surface area contributed by atoms with Gasteiger partial charge in [0.1, 0.15) is 0 Å². The molecule has 0 aliphatic heterocycles. The van der Waals surface area contributed by atoms with Crippen LogP contribution in [0.15, 0.2) is 36.4 Å². The molecule has 0 aromatic heterocycles. The van der Waals surface area contributed by atoms with Crippen LogP contribution >= 0.6 is 0 Å². The van der Waals surface area contributed by atoms with E-state index in [2.05, 4.69) is 11.3 Å². The lowest BCUT2D eigenvalue weighted by molar-refractivity contribution is -0.141. The zero-order chi connectivity index (χ0) is 13.9. The van der Waals surface area contributed by atoms with Crippen molar-refractivity contribution in [2.45, 2.75) is 25.7 Å². The average Bonchev–Trinajstić information content (AvgIpc) is 2.36. The highest BCUT2D eigenvalue weighted by atomic mass is 19.3. The van der Waals surface area contributed by atoms with Gasteiger partial charge in [-0.2, -0.15) is 8.78 Å². The maximum absolute atomic E-state index is 13.6. The van der Waals surface area contributed by atoms with Crippen LogP contribution in [0.5, 0.6) is 0 Å². The maximum atomic E-state index is 13.6. The number of hydrogen-bond acceptors (Lipinski definition) is 2. The van der Waals surface area contributed by atoms with Crippen molar-refractivity contribution in [2.75, 3.05) is 7.11 Å². The second-order valence-electron chi connectivity index (χ2n) is 4.22. The Morgan fingerprint density at radius 2 is 1.83 bits per heavy atom. The van der Waals surface area contributed by atoms with Crippen molar-refractivity contribution in [1.29, 1.82) is 0 Å². The van der Waals surface area contributed by atoms with Gasteiger partial charge in [0.05, 0.1) is 13.0 Å². The highest BCUT2D eigenvalue weighted by molar-refractivity contribution is 5.77. The molecule has 4 heteroatoms. The number of halogens is 2. The molecule has 0 saturated carbocycles. The molecule has 0 heterocycles. The highest BCUT2D eigenvalue weighted by Crippen LogP contribution is 2.35. The molecule has 0 radical (unpaired) electrons. The van der Waals surface area contributed by atoms with Crippen molar-refractivity contribution >= 4 is 5.97 Å². The minimum atomic E-state index is -3.05. The molecule has 0 amide bonds. The van der Waals surface area contributed by atoms with E-state index in [1.54, 1.807) is 6.92 Å². The third kappa shape index (κ3) is 2.75. The van der Waals surface area contributed by atoms with E-state index in [1.165, 1.54) is 38.3 Å². The van der Waals surface area contributed by atoms with E-state index in [0.29, 0.717) is 5.56 Å². The number of rotatable bonds is 4. The van der Waals surface area contributed by atoms with Gasteiger partial charge in [0.25, 0.3) is 5.92 Å². The predicted octanol–water partition coefficient (Wildman–Crippen LogP) is 3.63. The first-order valence-electron chi connectivity index (χ1n) is 5.52. The van der Waals surface area contributed by atoms with E-state index in [9.17, 15) is 13.6 Å². The Kier molecular flexibility index (Phi) is 4.22. The van der Waals surface area contributed by atoms with Crippen molar-refractivity contribution in [3.8, 4) is 0 Å². The van der Waals surface area contributed by atoms with Crippen LogP contribution in [-0.2, 0) is 15.5 Å². The van der Waals surface area contributed by atoms with Gasteiger partial charge < -0.3 is 4.74 Å². The molecule has 1 rings (SSSR count). The first kappa shape index (κ1) is 14.4. The molecule has 18 heavy (non-hydrogen) atoms. The minimum absolute atomic E-state index is 0.129. The third-order valence-corrected chi connectivity index (χ3v) is 2.86. The van der Waals surface area contributed by atoms with E-state index < -0.39 is 17.8 Å². The molecule has 1 atom stereocenters. The van der Waals surface area contributed by atoms with E-state index in [0.717, 1.165) is 0 Å². The number of ether oxygens (including phenoxy) is 1. The Hall–Kier alpha value is -1.71. The highest BCUT2D eigenvalue weighted by Gasteiger charge is 2.32. The van der Waals surface area contributed by atoms with Gasteiger partial charge in [0, 0.05) is 5.56 Å². The number of carbonyl (C=O) groups excluding carboxylic acids is 1. The number of esters is 1. The standard InChI is InChI=1S/C14H16F2O2/c1-9(2)14(15,16)12-7-5-11(6-8-12)10(3)13(17)18-4/h5-8,10H,1H2,2-4H3. The fraction of sp³-hybridized carbons (Fsp3) is 0.357. The summed E-state index contributed by atoms with van der Waals surface area (Å²) in [5, 5.41) is 0. The zero-order valence-corrected chi connectivity index (χ0v) is 10.7. The molecule has 0 aliphatic carbocycles. The van der Waals surface area contributed by atoms with Gasteiger partial charge >= 0.3 is 5.97 Å². The van der Waals surface area contributed by atoms with Crippen molar-refractivity contribution in [3.63, 3.8) is 0 Å². The van der Waals surface area contributed by atoms with Crippen LogP contribution in [0.4, 0.5) is 8.78 Å². The van der Waals surface area contributed by atoms with Gasteiger partial charge in [-0.15, -0.1) is 0 Å². The van der Waals surface area contributed by atoms with Crippen LogP contribution in [0.2, 0.25) is 0 Å². The van der Waals surface area contributed by atoms with E-state index in [-0.39, 0.29) is 11.1 Å². The molecular formula is C14H16F2O2. The Morgan fingerprint density at radius 1 is 1.33 bits per heavy atom. The number of allylic oxidation sites excluding steroid dienone is 1. The molecule has 1 unspecified atom stereocenters. The van der Waals surface area contributed by atoms with Gasteiger partial charge in [0.2, 0.25) is 0 Å². The second kappa shape index (κ2) is 5.29. The minimum Gasteiger partial charge on any atom is -0.469 e. The first-order chi connectivity index (χ1) is 8.30. The topological polar surface area (TPSA) is 26.3 Å². The summed E-state index contributed by atoms with van der Waals surface area (Å²) in [7, 11) is 1.29. The lowest BCUT2D eigenvalue weighted by Gasteiger charge is -2.17. The summed E-state index contributed by atoms with van der Waals surface area (Å²) in [5.74, 6) is -3.91. The fourth-order valence-electron chi connectivity index (χ4n) is 1.54. The molecule has 0 N–H and O–H groups in total. The molecule has 0 fully saturated rings. The summed E-state index contributed by atoms with van der Waals surface area (Å²) in [6.45, 7) is 6.23. The van der Waals surface area contributed by atoms with Crippen LogP contribution in [0.3, 0.4) is 0 Å². The summed E-state index contributed by atoms with van der Waals surface area (Å²) < 4.78 is 31.9. The van der Waals surface area contributed by atoms with Crippen molar-refractivity contribution in [2.24, 2.45) is 0 Å². The lowest BCUT2D eigenvalue weighted by atomic mass is 9.96. The van der Waals surface area contributed by atoms with Gasteiger partial charge in [0.15, 0.2) is 0 Å². The quantitative estimate of drug-likeness (QED) is 0.605. The van der Waals surface area contributed by atoms with Crippen LogP contribution in [0.25, 0.3) is 0 Å².